The lowest BCUT2D eigenvalue weighted by Gasteiger charge is -2.34. The van der Waals surface area contributed by atoms with Crippen molar-refractivity contribution in [3.8, 4) is 17.0 Å². The Labute approximate surface area is 321 Å². The molecule has 2 aliphatic heterocycles. The number of aliphatic hydroxyl groups excluding tert-OH is 1. The molecule has 1 aromatic heterocycles. The molecule has 6 unspecified atom stereocenters. The zero-order valence-corrected chi connectivity index (χ0v) is 31.8. The van der Waals surface area contributed by atoms with Gasteiger partial charge in [0.25, 0.3) is 5.91 Å². The number of methoxy groups -OCH3 is 1. The number of benzene rings is 2. The van der Waals surface area contributed by atoms with Crippen LogP contribution < -0.4 is 20.8 Å². The van der Waals surface area contributed by atoms with E-state index in [0.29, 0.717) is 25.4 Å². The number of unbranched alkanes of at least 4 members (excludes halogenated alkanes) is 1. The fourth-order valence-electron chi connectivity index (χ4n) is 6.46. The number of nitrogens with zero attached hydrogens (tertiary/aromatic N) is 2. The maximum atomic E-state index is 13.7. The molecule has 2 aromatic carbocycles. The molecular formula is C40H53N5O10. The second kappa shape index (κ2) is 19.7. The highest BCUT2D eigenvalue weighted by Gasteiger charge is 2.44. The van der Waals surface area contributed by atoms with Crippen LogP contribution in [-0.4, -0.2) is 108 Å². The molecule has 2 aliphatic rings. The molecule has 5 rings (SSSR count). The van der Waals surface area contributed by atoms with Crippen molar-refractivity contribution in [3.05, 3.63) is 84.1 Å². The van der Waals surface area contributed by atoms with Crippen LogP contribution in [0.5, 0.6) is 5.75 Å². The van der Waals surface area contributed by atoms with Crippen LogP contribution in [0.3, 0.4) is 0 Å². The zero-order chi connectivity index (χ0) is 39.4. The number of rotatable bonds is 18. The summed E-state index contributed by atoms with van der Waals surface area (Å²) in [6, 6.07) is 18.3. The third kappa shape index (κ3) is 12.1. The molecule has 2 fully saturated rings. The Kier molecular flexibility index (Phi) is 14.8. The van der Waals surface area contributed by atoms with Gasteiger partial charge in [0, 0.05) is 24.8 Å². The number of carbonyl (C=O) groups is 3. The molecule has 15 nitrogen and oxygen atoms in total. The first-order valence-corrected chi connectivity index (χ1v) is 18.7. The van der Waals surface area contributed by atoms with Gasteiger partial charge in [0.2, 0.25) is 0 Å². The van der Waals surface area contributed by atoms with Gasteiger partial charge in [-0.05, 0) is 68.5 Å². The Morgan fingerprint density at radius 1 is 1.00 bits per heavy atom. The Bertz CT molecular complexity index is 1670. The van der Waals surface area contributed by atoms with Gasteiger partial charge >= 0.3 is 12.2 Å². The summed E-state index contributed by atoms with van der Waals surface area (Å²) < 4.78 is 27.5. The average Bonchev–Trinajstić information content (AvgIpc) is 3.79. The first-order chi connectivity index (χ1) is 26.4. The number of amides is 3. The van der Waals surface area contributed by atoms with Gasteiger partial charge in [0.1, 0.15) is 17.9 Å². The van der Waals surface area contributed by atoms with E-state index in [0.717, 1.165) is 42.3 Å². The quantitative estimate of drug-likeness (QED) is 0.0935. The van der Waals surface area contributed by atoms with E-state index in [9.17, 15) is 24.6 Å². The fourth-order valence-corrected chi connectivity index (χ4v) is 6.46. The first-order valence-electron chi connectivity index (χ1n) is 18.7. The number of aliphatic hydroxyl groups is 2. The highest BCUT2D eigenvalue weighted by molar-refractivity contribution is 5.86. The van der Waals surface area contributed by atoms with Crippen LogP contribution in [0.1, 0.15) is 51.2 Å². The molecule has 55 heavy (non-hydrogen) atoms. The summed E-state index contributed by atoms with van der Waals surface area (Å²) in [6.45, 7) is 6.09. The topological polar surface area (TPSA) is 190 Å². The number of ether oxygens (including phenoxy) is 5. The first kappa shape index (κ1) is 41.4. The minimum absolute atomic E-state index is 0.0774. The van der Waals surface area contributed by atoms with Crippen LogP contribution in [-0.2, 0) is 36.7 Å². The van der Waals surface area contributed by atoms with Gasteiger partial charge in [0.15, 0.2) is 6.29 Å². The number of carbonyl (C=O) groups excluding carboxylic acids is 3. The normalized spacial score (nSPS) is 19.5. The third-order valence-corrected chi connectivity index (χ3v) is 9.54. The van der Waals surface area contributed by atoms with E-state index in [1.54, 1.807) is 6.20 Å². The van der Waals surface area contributed by atoms with Crippen molar-refractivity contribution < 1.29 is 48.3 Å². The van der Waals surface area contributed by atoms with Gasteiger partial charge in [-0.15, -0.1) is 0 Å². The summed E-state index contributed by atoms with van der Waals surface area (Å²) in [5, 5.41) is 29.4. The predicted octanol–water partition coefficient (Wildman–Crippen LogP) is 3.72. The largest absolute Gasteiger partial charge is 0.494 e. The molecular weight excluding hydrogens is 710 g/mol. The molecule has 0 spiro atoms. The molecule has 3 amide bonds. The monoisotopic (exact) mass is 763 g/mol. The van der Waals surface area contributed by atoms with Gasteiger partial charge in [-0.1, -0.05) is 55.8 Å². The third-order valence-electron chi connectivity index (χ3n) is 9.54. The number of hydrogen-bond donors (Lipinski definition) is 5. The number of hydrazine groups is 1. The van der Waals surface area contributed by atoms with E-state index in [-0.39, 0.29) is 32.0 Å². The molecule has 3 heterocycles. The lowest BCUT2D eigenvalue weighted by molar-refractivity contribution is -0.134. The Balaban J connectivity index is 1.37. The molecule has 6 atom stereocenters. The van der Waals surface area contributed by atoms with Crippen molar-refractivity contribution in [2.24, 2.45) is 5.92 Å². The maximum absolute atomic E-state index is 13.7. The summed E-state index contributed by atoms with van der Waals surface area (Å²) in [4.78, 5) is 43.7. The molecule has 3 aromatic rings. The Morgan fingerprint density at radius 2 is 1.75 bits per heavy atom. The van der Waals surface area contributed by atoms with Gasteiger partial charge in [-0.3, -0.25) is 15.2 Å². The van der Waals surface area contributed by atoms with Crippen molar-refractivity contribution in [3.63, 3.8) is 0 Å². The van der Waals surface area contributed by atoms with Crippen LogP contribution >= 0.6 is 0 Å². The minimum atomic E-state index is -1.69. The summed E-state index contributed by atoms with van der Waals surface area (Å²) in [5.41, 5.74) is 4.33. The van der Waals surface area contributed by atoms with Crippen molar-refractivity contribution in [1.29, 1.82) is 0 Å². The molecule has 298 valence electrons. The summed E-state index contributed by atoms with van der Waals surface area (Å²) in [5.74, 6) is -0.125. The molecule has 5 N–H and O–H groups in total. The predicted molar refractivity (Wildman–Crippen MR) is 201 cm³/mol. The van der Waals surface area contributed by atoms with E-state index < -0.39 is 54.3 Å². The van der Waals surface area contributed by atoms with E-state index >= 15 is 0 Å². The SMILES string of the molecule is CCCCOc1ccc(CC(NC(=O)OC2COC3OCCC23)C(O)CN(Cc2ccc(-c3ccccn3)cc2)NC(=O)C(NC(=O)OC)C(C)(C)O)cc1. The van der Waals surface area contributed by atoms with E-state index in [4.69, 9.17) is 23.7 Å². The summed E-state index contributed by atoms with van der Waals surface area (Å²) in [7, 11) is 1.15. The number of alkyl carbamates (subject to hydrolysis) is 2. The van der Waals surface area contributed by atoms with E-state index in [1.165, 1.54) is 18.9 Å². The lowest BCUT2D eigenvalue weighted by Crippen LogP contribution is -2.61. The number of nitrogens with one attached hydrogen (secondary N) is 3. The molecule has 0 bridgehead atoms. The van der Waals surface area contributed by atoms with Crippen LogP contribution in [0.2, 0.25) is 0 Å². The molecule has 2 saturated heterocycles. The second-order valence-corrected chi connectivity index (χ2v) is 14.3. The Morgan fingerprint density at radius 3 is 2.42 bits per heavy atom. The van der Waals surface area contributed by atoms with Crippen molar-refractivity contribution >= 4 is 18.1 Å². The number of pyridine rings is 1. The highest BCUT2D eigenvalue weighted by Crippen LogP contribution is 2.33. The second-order valence-electron chi connectivity index (χ2n) is 14.3. The lowest BCUT2D eigenvalue weighted by atomic mass is 9.98. The van der Waals surface area contributed by atoms with Crippen molar-refractivity contribution in [2.45, 2.75) is 89.2 Å². The van der Waals surface area contributed by atoms with Crippen molar-refractivity contribution in [2.75, 3.05) is 33.5 Å². The highest BCUT2D eigenvalue weighted by atomic mass is 16.7. The van der Waals surface area contributed by atoms with Gasteiger partial charge < -0.3 is 44.5 Å². The average molecular weight is 764 g/mol. The fraction of sp³-hybridized carbons (Fsp3) is 0.500. The van der Waals surface area contributed by atoms with E-state index in [1.807, 2.05) is 66.7 Å². The Hall–Kier alpha value is -4.80. The standard InChI is InChI=1S/C40H53N5O10/c1-5-6-20-52-29-16-12-26(13-17-29)22-32(42-39(49)55-34-25-54-37-30(34)18-21-53-37)33(46)24-45(44-36(47)35(40(2,3)50)43-38(48)51-4)23-27-10-14-28(15-11-27)31-9-7-8-19-41-31/h7-17,19,30,32-35,37,46,50H,5-6,18,20-25H2,1-4H3,(H,42,49)(H,43,48)(H,44,47). The number of aromatic nitrogens is 1. The maximum Gasteiger partial charge on any atom is 0.407 e. The van der Waals surface area contributed by atoms with Crippen LogP contribution in [0, 0.1) is 5.92 Å². The smallest absolute Gasteiger partial charge is 0.407 e. The molecule has 15 heteroatoms. The van der Waals surface area contributed by atoms with Crippen LogP contribution in [0.4, 0.5) is 9.59 Å². The van der Waals surface area contributed by atoms with Crippen LogP contribution in [0.15, 0.2) is 72.9 Å². The summed E-state index contributed by atoms with van der Waals surface area (Å²) in [6.07, 6.45) is 0.742. The number of hydrogen-bond acceptors (Lipinski definition) is 12. The van der Waals surface area contributed by atoms with Gasteiger partial charge in [-0.2, -0.15) is 0 Å². The number of fused-ring (bicyclic) bond motifs is 1. The van der Waals surface area contributed by atoms with Gasteiger partial charge in [0.05, 0.1) is 56.3 Å². The summed E-state index contributed by atoms with van der Waals surface area (Å²) >= 11 is 0. The zero-order valence-electron chi connectivity index (χ0n) is 31.8. The van der Waals surface area contributed by atoms with E-state index in [2.05, 4.69) is 28.0 Å². The molecule has 0 saturated carbocycles. The van der Waals surface area contributed by atoms with Crippen molar-refractivity contribution in [1.82, 2.24) is 26.1 Å². The minimum Gasteiger partial charge on any atom is -0.494 e. The van der Waals surface area contributed by atoms with Gasteiger partial charge in [-0.25, -0.2) is 14.6 Å². The molecule has 0 radical (unpaired) electrons. The molecule has 0 aliphatic carbocycles. The van der Waals surface area contributed by atoms with Crippen LogP contribution in [0.25, 0.3) is 11.3 Å².